The van der Waals surface area contributed by atoms with Crippen molar-refractivity contribution in [3.05, 3.63) is 71.4 Å². The molecule has 4 rings (SSSR count). The quantitative estimate of drug-likeness (QED) is 0.579. The molecule has 6 heteroatoms. The molecule has 174 valence electrons. The number of allylic oxidation sites excluding steroid dienone is 1. The van der Waals surface area contributed by atoms with Crippen molar-refractivity contribution in [2.24, 2.45) is 5.41 Å². The van der Waals surface area contributed by atoms with Gasteiger partial charge in [0.2, 0.25) is 0 Å². The minimum absolute atomic E-state index is 0.0876. The van der Waals surface area contributed by atoms with Crippen LogP contribution in [0.1, 0.15) is 51.6 Å². The molecule has 0 unspecified atom stereocenters. The smallest absolute Gasteiger partial charge is 0.322 e. The predicted octanol–water partition coefficient (Wildman–Crippen LogP) is 5.44. The molecule has 1 aliphatic carbocycles. The number of benzene rings is 2. The minimum atomic E-state index is -0.507. The molecular weight excluding hydrogens is 414 g/mol. The van der Waals surface area contributed by atoms with Crippen molar-refractivity contribution in [3.8, 4) is 0 Å². The van der Waals surface area contributed by atoms with E-state index in [-0.39, 0.29) is 17.2 Å². The number of rotatable bonds is 6. The van der Waals surface area contributed by atoms with Crippen molar-refractivity contribution in [2.75, 3.05) is 30.0 Å². The summed E-state index contributed by atoms with van der Waals surface area (Å²) in [4.78, 5) is 29.0. The van der Waals surface area contributed by atoms with Crippen LogP contribution in [0.2, 0.25) is 0 Å². The molecule has 0 saturated heterocycles. The maximum Gasteiger partial charge on any atom is 0.322 e. The Balaban J connectivity index is 1.80. The third kappa shape index (κ3) is 4.96. The van der Waals surface area contributed by atoms with Crippen molar-refractivity contribution in [2.45, 2.75) is 46.1 Å². The van der Waals surface area contributed by atoms with Crippen molar-refractivity contribution in [3.63, 3.8) is 0 Å². The molecule has 0 radical (unpaired) electrons. The zero-order chi connectivity index (χ0) is 23.4. The number of hydrogen-bond donors (Lipinski definition) is 2. The number of fused-ring (bicyclic) bond motifs is 1. The lowest BCUT2D eigenvalue weighted by atomic mass is 9.73. The van der Waals surface area contributed by atoms with Crippen molar-refractivity contribution < 1.29 is 14.3 Å². The third-order valence-electron chi connectivity index (χ3n) is 6.18. The van der Waals surface area contributed by atoms with E-state index in [1.807, 2.05) is 61.5 Å². The first-order valence-electron chi connectivity index (χ1n) is 11.7. The van der Waals surface area contributed by atoms with E-state index < -0.39 is 6.04 Å². The molecule has 0 fully saturated rings. The van der Waals surface area contributed by atoms with Crippen LogP contribution >= 0.6 is 0 Å². The molecule has 2 aromatic carbocycles. The van der Waals surface area contributed by atoms with Gasteiger partial charge in [-0.25, -0.2) is 4.79 Å². The Morgan fingerprint density at radius 1 is 1.12 bits per heavy atom. The molecule has 2 aromatic rings. The second-order valence-corrected chi connectivity index (χ2v) is 9.44. The van der Waals surface area contributed by atoms with E-state index in [0.29, 0.717) is 31.8 Å². The SMILES string of the molecule is CCOCCCNC(=O)N1c2ccccc2NC2=C(C(=O)CC(C)(C)C2)[C@H]1c1ccccc1. The maximum absolute atomic E-state index is 13.7. The number of nitrogens with zero attached hydrogens (tertiary/aromatic N) is 1. The zero-order valence-electron chi connectivity index (χ0n) is 19.7. The molecule has 0 bridgehead atoms. The first-order chi connectivity index (χ1) is 15.9. The number of nitrogens with one attached hydrogen (secondary N) is 2. The van der Waals surface area contributed by atoms with Crippen LogP contribution in [0.25, 0.3) is 0 Å². The molecule has 0 spiro atoms. The second-order valence-electron chi connectivity index (χ2n) is 9.44. The van der Waals surface area contributed by atoms with Gasteiger partial charge in [-0.05, 0) is 42.9 Å². The van der Waals surface area contributed by atoms with E-state index in [0.717, 1.165) is 35.5 Å². The summed E-state index contributed by atoms with van der Waals surface area (Å²) in [5.41, 5.74) is 3.95. The summed E-state index contributed by atoms with van der Waals surface area (Å²) in [6.45, 7) is 7.95. The lowest BCUT2D eigenvalue weighted by molar-refractivity contribution is -0.118. The van der Waals surface area contributed by atoms with Crippen LogP contribution in [-0.4, -0.2) is 31.6 Å². The highest BCUT2D eigenvalue weighted by molar-refractivity contribution is 6.06. The molecule has 1 atom stereocenters. The van der Waals surface area contributed by atoms with Gasteiger partial charge in [-0.2, -0.15) is 0 Å². The van der Waals surface area contributed by atoms with Crippen LogP contribution in [0.3, 0.4) is 0 Å². The summed E-state index contributed by atoms with van der Waals surface area (Å²) in [5, 5.41) is 6.58. The number of ketones is 1. The van der Waals surface area contributed by atoms with Crippen LogP contribution in [0.4, 0.5) is 16.2 Å². The molecule has 0 aromatic heterocycles. The van der Waals surface area contributed by atoms with Gasteiger partial charge in [0.25, 0.3) is 0 Å². The molecule has 2 N–H and O–H groups in total. The molecular formula is C27H33N3O3. The zero-order valence-corrected chi connectivity index (χ0v) is 19.7. The van der Waals surface area contributed by atoms with Gasteiger partial charge in [-0.1, -0.05) is 56.3 Å². The summed E-state index contributed by atoms with van der Waals surface area (Å²) in [6, 6.07) is 16.9. The molecule has 0 saturated carbocycles. The largest absolute Gasteiger partial charge is 0.382 e. The van der Waals surface area contributed by atoms with Gasteiger partial charge >= 0.3 is 6.03 Å². The number of hydrogen-bond acceptors (Lipinski definition) is 4. The molecule has 1 heterocycles. The fourth-order valence-corrected chi connectivity index (χ4v) is 4.76. The summed E-state index contributed by atoms with van der Waals surface area (Å²) in [6.07, 6.45) is 1.93. The summed E-state index contributed by atoms with van der Waals surface area (Å²) in [5.74, 6) is 0.0876. The Bertz CT molecular complexity index is 1050. The number of Topliss-reactive ketones (excluding diaryl/α,β-unsaturated/α-hetero) is 1. The molecule has 6 nitrogen and oxygen atoms in total. The normalized spacial score (nSPS) is 19.3. The van der Waals surface area contributed by atoms with Crippen LogP contribution in [0, 0.1) is 5.41 Å². The maximum atomic E-state index is 13.7. The molecule has 33 heavy (non-hydrogen) atoms. The van der Waals surface area contributed by atoms with E-state index >= 15 is 0 Å². The van der Waals surface area contributed by atoms with Gasteiger partial charge in [0.05, 0.1) is 17.4 Å². The van der Waals surface area contributed by atoms with E-state index in [1.165, 1.54) is 0 Å². The van der Waals surface area contributed by atoms with Crippen molar-refractivity contribution >= 4 is 23.2 Å². The Morgan fingerprint density at radius 3 is 2.61 bits per heavy atom. The second kappa shape index (κ2) is 9.79. The average molecular weight is 448 g/mol. The van der Waals surface area contributed by atoms with Crippen LogP contribution in [-0.2, 0) is 9.53 Å². The van der Waals surface area contributed by atoms with E-state index in [1.54, 1.807) is 4.90 Å². The lowest BCUT2D eigenvalue weighted by Crippen LogP contribution is -2.45. The Morgan fingerprint density at radius 2 is 1.85 bits per heavy atom. The van der Waals surface area contributed by atoms with Gasteiger partial charge in [0.1, 0.15) is 0 Å². The lowest BCUT2D eigenvalue weighted by Gasteiger charge is -2.37. The molecule has 1 aliphatic heterocycles. The predicted molar refractivity (Wildman–Crippen MR) is 131 cm³/mol. The van der Waals surface area contributed by atoms with E-state index in [2.05, 4.69) is 24.5 Å². The number of carbonyl (C=O) groups is 2. The standard InChI is InChI=1S/C27H33N3O3/c1-4-33-16-10-15-28-26(32)30-22-14-9-8-13-20(22)29-21-17-27(2,3)18-23(31)24(21)25(30)19-11-6-5-7-12-19/h5-9,11-14,25,29H,4,10,15-18H2,1-3H3,(H,28,32)/t25-/m1/s1. The van der Waals surface area contributed by atoms with Gasteiger partial charge < -0.3 is 15.4 Å². The van der Waals surface area contributed by atoms with E-state index in [9.17, 15) is 9.59 Å². The summed E-state index contributed by atoms with van der Waals surface area (Å²) < 4.78 is 5.40. The Hall–Kier alpha value is -3.12. The first kappa shape index (κ1) is 23.1. The highest BCUT2D eigenvalue weighted by atomic mass is 16.5. The average Bonchev–Trinajstić information content (AvgIpc) is 2.93. The number of amides is 2. The van der Waals surface area contributed by atoms with Crippen molar-refractivity contribution in [1.82, 2.24) is 5.32 Å². The van der Waals surface area contributed by atoms with Crippen molar-refractivity contribution in [1.29, 1.82) is 0 Å². The molecule has 2 amide bonds. The van der Waals surface area contributed by atoms with E-state index in [4.69, 9.17) is 4.74 Å². The minimum Gasteiger partial charge on any atom is -0.382 e. The molecule has 2 aliphatic rings. The number of anilines is 2. The highest BCUT2D eigenvalue weighted by Crippen LogP contribution is 2.48. The van der Waals surface area contributed by atoms with Gasteiger partial charge in [-0.15, -0.1) is 0 Å². The fraction of sp³-hybridized carbons (Fsp3) is 0.407. The van der Waals surface area contributed by atoms with Gasteiger partial charge in [-0.3, -0.25) is 9.69 Å². The Labute approximate surface area is 196 Å². The fourth-order valence-electron chi connectivity index (χ4n) is 4.76. The number of ether oxygens (including phenoxy) is 1. The summed E-state index contributed by atoms with van der Waals surface area (Å²) in [7, 11) is 0. The number of para-hydroxylation sites is 2. The number of urea groups is 1. The third-order valence-corrected chi connectivity index (χ3v) is 6.18. The van der Waals surface area contributed by atoms with Gasteiger partial charge in [0.15, 0.2) is 5.78 Å². The highest BCUT2D eigenvalue weighted by Gasteiger charge is 2.43. The van der Waals surface area contributed by atoms with Crippen LogP contribution < -0.4 is 15.5 Å². The topological polar surface area (TPSA) is 70.7 Å². The van der Waals surface area contributed by atoms with Crippen LogP contribution in [0.15, 0.2) is 65.9 Å². The van der Waals surface area contributed by atoms with Crippen LogP contribution in [0.5, 0.6) is 0 Å². The first-order valence-corrected chi connectivity index (χ1v) is 11.7. The monoisotopic (exact) mass is 447 g/mol. The Kier molecular flexibility index (Phi) is 6.84. The number of carbonyl (C=O) groups excluding carboxylic acids is 2. The van der Waals surface area contributed by atoms with Gasteiger partial charge in [0, 0.05) is 37.4 Å². The summed E-state index contributed by atoms with van der Waals surface area (Å²) >= 11 is 0.